The first-order valence-corrected chi connectivity index (χ1v) is 4.27. The zero-order valence-electron chi connectivity index (χ0n) is 6.38. The summed E-state index contributed by atoms with van der Waals surface area (Å²) < 4.78 is 36.2. The molecule has 0 atom stereocenters. The number of hydrogen-bond acceptors (Lipinski definition) is 1. The summed E-state index contributed by atoms with van der Waals surface area (Å²) in [5.74, 6) is 0. The number of hydrogen-bond donors (Lipinski definition) is 0. The lowest BCUT2D eigenvalue weighted by Gasteiger charge is -2.04. The minimum absolute atomic E-state index is 0. The minimum atomic E-state index is -4.20. The van der Waals surface area contributed by atoms with Crippen LogP contribution < -0.4 is 0 Å². The van der Waals surface area contributed by atoms with Gasteiger partial charge in [-0.15, -0.1) is 17.0 Å². The second-order valence-electron chi connectivity index (χ2n) is 2.29. The highest BCUT2D eigenvalue weighted by Gasteiger charge is 2.28. The molecule has 0 saturated heterocycles. The Morgan fingerprint density at radius 3 is 2.46 bits per heavy atom. The monoisotopic (exact) mass is 322 g/mol. The van der Waals surface area contributed by atoms with Gasteiger partial charge in [0.15, 0.2) is 0 Å². The highest BCUT2D eigenvalue weighted by molar-refractivity contribution is 9.08. The van der Waals surface area contributed by atoms with E-state index in [0.717, 1.165) is 10.2 Å². The lowest BCUT2D eigenvalue weighted by Crippen LogP contribution is -2.17. The second kappa shape index (κ2) is 4.99. The third kappa shape index (κ3) is 4.66. The summed E-state index contributed by atoms with van der Waals surface area (Å²) in [6.07, 6.45) is -1.43. The summed E-state index contributed by atoms with van der Waals surface area (Å²) in [5, 5.41) is 4.06. The van der Waals surface area contributed by atoms with Gasteiger partial charge in [0.1, 0.15) is 6.54 Å². The highest BCUT2D eigenvalue weighted by atomic mass is 79.9. The molecule has 0 radical (unpaired) electrons. The van der Waals surface area contributed by atoms with Crippen LogP contribution in [0.25, 0.3) is 0 Å². The van der Waals surface area contributed by atoms with Crippen LogP contribution in [0.1, 0.15) is 5.56 Å². The maximum atomic E-state index is 11.8. The van der Waals surface area contributed by atoms with Crippen molar-refractivity contribution in [2.75, 3.05) is 0 Å². The van der Waals surface area contributed by atoms with E-state index < -0.39 is 12.7 Å². The van der Waals surface area contributed by atoms with Gasteiger partial charge in [0, 0.05) is 17.1 Å². The molecule has 1 rings (SSSR count). The molecule has 0 N–H and O–H groups in total. The number of nitrogens with zero attached hydrogens (tertiary/aromatic N) is 2. The molecule has 0 aromatic carbocycles. The standard InChI is InChI=1S/C6H6BrF3N2.BrH/c7-1-5-2-11-12(3-5)4-6(8,9)10;/h2-3H,1,4H2;1H. The Balaban J connectivity index is 0.00000144. The molecule has 0 unspecified atom stereocenters. The molecule has 2 nitrogen and oxygen atoms in total. The minimum Gasteiger partial charge on any atom is -0.263 e. The van der Waals surface area contributed by atoms with Crippen molar-refractivity contribution in [3.8, 4) is 0 Å². The van der Waals surface area contributed by atoms with E-state index in [2.05, 4.69) is 21.0 Å². The SMILES string of the molecule is Br.FC(F)(F)Cn1cc(CBr)cn1. The van der Waals surface area contributed by atoms with Crippen LogP contribution in [-0.2, 0) is 11.9 Å². The number of alkyl halides is 4. The van der Waals surface area contributed by atoms with E-state index >= 15 is 0 Å². The maximum Gasteiger partial charge on any atom is 0.408 e. The number of rotatable bonds is 2. The third-order valence-electron chi connectivity index (χ3n) is 1.18. The fourth-order valence-electron chi connectivity index (χ4n) is 0.746. The largest absolute Gasteiger partial charge is 0.408 e. The first-order chi connectivity index (χ1) is 5.51. The van der Waals surface area contributed by atoms with Gasteiger partial charge in [-0.05, 0) is 0 Å². The van der Waals surface area contributed by atoms with Gasteiger partial charge in [-0.25, -0.2) is 0 Å². The molecule has 76 valence electrons. The van der Waals surface area contributed by atoms with Crippen molar-refractivity contribution in [2.45, 2.75) is 18.1 Å². The number of aromatic nitrogens is 2. The molecule has 0 aliphatic carbocycles. The Labute approximate surface area is 92.0 Å². The fraction of sp³-hybridized carbons (Fsp3) is 0.500. The van der Waals surface area contributed by atoms with Gasteiger partial charge in [0.25, 0.3) is 0 Å². The first kappa shape index (κ1) is 13.0. The molecule has 1 aromatic heterocycles. The van der Waals surface area contributed by atoms with Gasteiger partial charge < -0.3 is 0 Å². The molecule has 0 spiro atoms. The summed E-state index contributed by atoms with van der Waals surface area (Å²) in [6.45, 7) is -1.03. The molecule has 0 aliphatic heterocycles. The van der Waals surface area contributed by atoms with E-state index in [-0.39, 0.29) is 17.0 Å². The summed E-state index contributed by atoms with van der Waals surface area (Å²) in [4.78, 5) is 0. The average molecular weight is 324 g/mol. The molecule has 0 bridgehead atoms. The molecular weight excluding hydrogens is 317 g/mol. The predicted molar refractivity (Wildman–Crippen MR) is 51.2 cm³/mol. The van der Waals surface area contributed by atoms with Gasteiger partial charge in [-0.1, -0.05) is 15.9 Å². The van der Waals surface area contributed by atoms with Crippen LogP contribution in [-0.4, -0.2) is 16.0 Å². The Morgan fingerprint density at radius 1 is 1.46 bits per heavy atom. The molecule has 1 heterocycles. The van der Waals surface area contributed by atoms with Crippen LogP contribution >= 0.6 is 32.9 Å². The van der Waals surface area contributed by atoms with Gasteiger partial charge in [0.2, 0.25) is 0 Å². The Morgan fingerprint density at radius 2 is 2.08 bits per heavy atom. The van der Waals surface area contributed by atoms with E-state index in [1.165, 1.54) is 12.4 Å². The normalized spacial score (nSPS) is 11.1. The molecule has 1 aromatic rings. The second-order valence-corrected chi connectivity index (χ2v) is 2.86. The average Bonchev–Trinajstić information content (AvgIpc) is 2.32. The number of halogens is 5. The van der Waals surface area contributed by atoms with Crippen molar-refractivity contribution in [2.24, 2.45) is 0 Å². The Kier molecular flexibility index (Phi) is 4.98. The van der Waals surface area contributed by atoms with Crippen LogP contribution in [0, 0.1) is 0 Å². The lowest BCUT2D eigenvalue weighted by molar-refractivity contribution is -0.142. The van der Waals surface area contributed by atoms with E-state index in [1.54, 1.807) is 0 Å². The summed E-state index contributed by atoms with van der Waals surface area (Å²) in [5.41, 5.74) is 0.735. The third-order valence-corrected chi connectivity index (χ3v) is 1.83. The maximum absolute atomic E-state index is 11.8. The van der Waals surface area contributed by atoms with Gasteiger partial charge >= 0.3 is 6.18 Å². The van der Waals surface area contributed by atoms with Crippen LogP contribution in [0.5, 0.6) is 0 Å². The molecule has 7 heteroatoms. The summed E-state index contributed by atoms with van der Waals surface area (Å²) in [7, 11) is 0. The lowest BCUT2D eigenvalue weighted by atomic mass is 10.4. The fourth-order valence-corrected chi connectivity index (χ4v) is 1.04. The van der Waals surface area contributed by atoms with Crippen molar-refractivity contribution < 1.29 is 13.2 Å². The first-order valence-electron chi connectivity index (χ1n) is 3.15. The summed E-state index contributed by atoms with van der Waals surface area (Å²) in [6, 6.07) is 0. The van der Waals surface area contributed by atoms with E-state index in [1.807, 2.05) is 0 Å². The van der Waals surface area contributed by atoms with E-state index in [9.17, 15) is 13.2 Å². The van der Waals surface area contributed by atoms with Gasteiger partial charge in [0.05, 0.1) is 6.20 Å². The van der Waals surface area contributed by atoms with Gasteiger partial charge in [-0.2, -0.15) is 18.3 Å². The van der Waals surface area contributed by atoms with Crippen molar-refractivity contribution in [3.05, 3.63) is 18.0 Å². The highest BCUT2D eigenvalue weighted by Crippen LogP contribution is 2.17. The van der Waals surface area contributed by atoms with Crippen molar-refractivity contribution in [3.63, 3.8) is 0 Å². The smallest absolute Gasteiger partial charge is 0.263 e. The summed E-state index contributed by atoms with van der Waals surface area (Å²) >= 11 is 3.12. The molecule has 0 fully saturated rings. The Bertz CT molecular complexity index is 259. The van der Waals surface area contributed by atoms with Gasteiger partial charge in [-0.3, -0.25) is 4.68 Å². The van der Waals surface area contributed by atoms with Crippen molar-refractivity contribution in [1.82, 2.24) is 9.78 Å². The van der Waals surface area contributed by atoms with Crippen LogP contribution in [0.3, 0.4) is 0 Å². The topological polar surface area (TPSA) is 17.8 Å². The van der Waals surface area contributed by atoms with Crippen LogP contribution in [0.15, 0.2) is 12.4 Å². The van der Waals surface area contributed by atoms with Crippen LogP contribution in [0.4, 0.5) is 13.2 Å². The predicted octanol–water partition coefficient (Wildman–Crippen LogP) is 2.92. The van der Waals surface area contributed by atoms with Crippen molar-refractivity contribution >= 4 is 32.9 Å². The molecule has 0 saturated carbocycles. The van der Waals surface area contributed by atoms with E-state index in [0.29, 0.717) is 5.33 Å². The van der Waals surface area contributed by atoms with Crippen LogP contribution in [0.2, 0.25) is 0 Å². The zero-order valence-corrected chi connectivity index (χ0v) is 9.68. The molecule has 13 heavy (non-hydrogen) atoms. The van der Waals surface area contributed by atoms with E-state index in [4.69, 9.17) is 0 Å². The molecule has 0 aliphatic rings. The zero-order chi connectivity index (χ0) is 9.19. The molecule has 0 amide bonds. The molecular formula is C6H7Br2F3N2. The quantitative estimate of drug-likeness (QED) is 0.765. The van der Waals surface area contributed by atoms with Crippen molar-refractivity contribution in [1.29, 1.82) is 0 Å². The Hall–Kier alpha value is -0.0400.